The molecule has 19 heavy (non-hydrogen) atoms. The first-order valence-electron chi connectivity index (χ1n) is 6.32. The van der Waals surface area contributed by atoms with Crippen LogP contribution in [0.15, 0.2) is 30.3 Å². The summed E-state index contributed by atoms with van der Waals surface area (Å²) in [5, 5.41) is 0. The lowest BCUT2D eigenvalue weighted by Gasteiger charge is -2.15. The SMILES string of the molecule is CCN(CC)C(=O)/C=C\c1ccccc1OC(C)=O. The molecule has 1 amide bonds. The summed E-state index contributed by atoms with van der Waals surface area (Å²) in [5.41, 5.74) is 0.707. The Bertz CT molecular complexity index is 476. The number of hydrogen-bond acceptors (Lipinski definition) is 3. The number of rotatable bonds is 5. The molecule has 0 aliphatic rings. The highest BCUT2D eigenvalue weighted by molar-refractivity contribution is 5.92. The van der Waals surface area contributed by atoms with Crippen LogP contribution < -0.4 is 4.74 Å². The van der Waals surface area contributed by atoms with Crippen molar-refractivity contribution in [2.45, 2.75) is 20.8 Å². The standard InChI is InChI=1S/C15H19NO3/c1-4-16(5-2)15(18)11-10-13-8-6-7-9-14(13)19-12(3)17/h6-11H,4-5H2,1-3H3/b11-10-. The molecular formula is C15H19NO3. The molecule has 0 spiro atoms. The molecular weight excluding hydrogens is 242 g/mol. The van der Waals surface area contributed by atoms with E-state index in [0.29, 0.717) is 24.4 Å². The molecule has 0 saturated carbocycles. The van der Waals surface area contributed by atoms with E-state index in [1.54, 1.807) is 29.2 Å². The topological polar surface area (TPSA) is 46.6 Å². The van der Waals surface area contributed by atoms with Crippen LogP contribution in [0.3, 0.4) is 0 Å². The third-order valence-electron chi connectivity index (χ3n) is 2.65. The van der Waals surface area contributed by atoms with Crippen molar-refractivity contribution in [1.29, 1.82) is 0 Å². The van der Waals surface area contributed by atoms with E-state index in [0.717, 1.165) is 0 Å². The van der Waals surface area contributed by atoms with E-state index < -0.39 is 0 Å². The van der Waals surface area contributed by atoms with Crippen molar-refractivity contribution in [1.82, 2.24) is 4.90 Å². The number of ether oxygens (including phenoxy) is 1. The monoisotopic (exact) mass is 261 g/mol. The van der Waals surface area contributed by atoms with Crippen LogP contribution in [-0.4, -0.2) is 29.9 Å². The van der Waals surface area contributed by atoms with Crippen molar-refractivity contribution in [2.75, 3.05) is 13.1 Å². The summed E-state index contributed by atoms with van der Waals surface area (Å²) in [6, 6.07) is 7.10. The Morgan fingerprint density at radius 2 is 1.84 bits per heavy atom. The Kier molecular flexibility index (Phi) is 5.79. The number of carbonyl (C=O) groups is 2. The zero-order valence-electron chi connectivity index (χ0n) is 11.6. The molecule has 0 aliphatic heterocycles. The van der Waals surface area contributed by atoms with E-state index in [4.69, 9.17) is 4.74 Å². The first kappa shape index (κ1) is 15.0. The predicted molar refractivity (Wildman–Crippen MR) is 74.7 cm³/mol. The second-order valence-electron chi connectivity index (χ2n) is 3.98. The van der Waals surface area contributed by atoms with E-state index in [1.165, 1.54) is 13.0 Å². The Hall–Kier alpha value is -2.10. The van der Waals surface area contributed by atoms with E-state index >= 15 is 0 Å². The van der Waals surface area contributed by atoms with Gasteiger partial charge in [0.1, 0.15) is 5.75 Å². The lowest BCUT2D eigenvalue weighted by Crippen LogP contribution is -2.28. The molecule has 102 valence electrons. The lowest BCUT2D eigenvalue weighted by molar-refractivity contribution is -0.132. The molecule has 0 aliphatic carbocycles. The molecule has 0 unspecified atom stereocenters. The molecule has 0 aromatic heterocycles. The minimum atomic E-state index is -0.379. The Morgan fingerprint density at radius 3 is 2.42 bits per heavy atom. The third-order valence-corrected chi connectivity index (χ3v) is 2.65. The number of para-hydroxylation sites is 1. The van der Waals surface area contributed by atoms with Gasteiger partial charge in [-0.3, -0.25) is 9.59 Å². The number of nitrogens with zero attached hydrogens (tertiary/aromatic N) is 1. The number of likely N-dealkylation sites (N-methyl/N-ethyl adjacent to an activating group) is 1. The minimum Gasteiger partial charge on any atom is -0.426 e. The molecule has 4 heteroatoms. The second kappa shape index (κ2) is 7.36. The number of esters is 1. The Morgan fingerprint density at radius 1 is 1.21 bits per heavy atom. The van der Waals surface area contributed by atoms with E-state index in [2.05, 4.69) is 0 Å². The van der Waals surface area contributed by atoms with Gasteiger partial charge in [0.2, 0.25) is 5.91 Å². The Labute approximate surface area is 113 Å². The van der Waals surface area contributed by atoms with E-state index in [9.17, 15) is 9.59 Å². The third kappa shape index (κ3) is 4.58. The highest BCUT2D eigenvalue weighted by Crippen LogP contribution is 2.19. The summed E-state index contributed by atoms with van der Waals surface area (Å²) in [6.07, 6.45) is 3.16. The zero-order chi connectivity index (χ0) is 14.3. The van der Waals surface area contributed by atoms with Crippen LogP contribution in [0.2, 0.25) is 0 Å². The maximum absolute atomic E-state index is 11.8. The van der Waals surface area contributed by atoms with Gasteiger partial charge in [0.15, 0.2) is 0 Å². The molecule has 1 aromatic rings. The van der Waals surface area contributed by atoms with Crippen molar-refractivity contribution in [2.24, 2.45) is 0 Å². The van der Waals surface area contributed by atoms with Gasteiger partial charge in [-0.05, 0) is 26.0 Å². The van der Waals surface area contributed by atoms with Crippen LogP contribution in [-0.2, 0) is 9.59 Å². The van der Waals surface area contributed by atoms with Crippen molar-refractivity contribution in [3.8, 4) is 5.75 Å². The molecule has 0 N–H and O–H groups in total. The summed E-state index contributed by atoms with van der Waals surface area (Å²) in [5.74, 6) is 0.0251. The van der Waals surface area contributed by atoms with Crippen LogP contribution >= 0.6 is 0 Å². The largest absolute Gasteiger partial charge is 0.426 e. The fraction of sp³-hybridized carbons (Fsp3) is 0.333. The molecule has 1 rings (SSSR count). The molecule has 4 nitrogen and oxygen atoms in total. The summed E-state index contributed by atoms with van der Waals surface area (Å²) >= 11 is 0. The number of benzene rings is 1. The van der Waals surface area contributed by atoms with Gasteiger partial charge in [0, 0.05) is 31.7 Å². The smallest absolute Gasteiger partial charge is 0.308 e. The van der Waals surface area contributed by atoms with Gasteiger partial charge >= 0.3 is 5.97 Å². The quantitative estimate of drug-likeness (QED) is 0.465. The van der Waals surface area contributed by atoms with Crippen LogP contribution in [0, 0.1) is 0 Å². The second-order valence-corrected chi connectivity index (χ2v) is 3.98. The fourth-order valence-electron chi connectivity index (χ4n) is 1.67. The molecule has 0 atom stereocenters. The van der Waals surface area contributed by atoms with Crippen LogP contribution in [0.1, 0.15) is 26.3 Å². The average Bonchev–Trinajstić information content (AvgIpc) is 2.38. The Balaban J connectivity index is 2.87. The number of amides is 1. The molecule has 0 radical (unpaired) electrons. The maximum Gasteiger partial charge on any atom is 0.308 e. The predicted octanol–water partition coefficient (Wildman–Crippen LogP) is 2.49. The summed E-state index contributed by atoms with van der Waals surface area (Å²) in [7, 11) is 0. The van der Waals surface area contributed by atoms with Crippen molar-refractivity contribution in [3.05, 3.63) is 35.9 Å². The van der Waals surface area contributed by atoms with Crippen molar-refractivity contribution in [3.63, 3.8) is 0 Å². The van der Waals surface area contributed by atoms with E-state index in [1.807, 2.05) is 19.9 Å². The molecule has 0 bridgehead atoms. The number of hydrogen-bond donors (Lipinski definition) is 0. The van der Waals surface area contributed by atoms with Crippen LogP contribution in [0.5, 0.6) is 5.75 Å². The molecule has 0 heterocycles. The zero-order valence-corrected chi connectivity index (χ0v) is 11.6. The van der Waals surface area contributed by atoms with Crippen molar-refractivity contribution >= 4 is 18.0 Å². The van der Waals surface area contributed by atoms with Gasteiger partial charge < -0.3 is 9.64 Å². The maximum atomic E-state index is 11.8. The van der Waals surface area contributed by atoms with Gasteiger partial charge in [0.25, 0.3) is 0 Å². The molecule has 0 saturated heterocycles. The first-order chi connectivity index (χ1) is 9.08. The molecule has 0 fully saturated rings. The van der Waals surface area contributed by atoms with E-state index in [-0.39, 0.29) is 11.9 Å². The summed E-state index contributed by atoms with van der Waals surface area (Å²) in [4.78, 5) is 24.5. The molecule has 1 aromatic carbocycles. The average molecular weight is 261 g/mol. The van der Waals surface area contributed by atoms with Gasteiger partial charge in [-0.15, -0.1) is 0 Å². The van der Waals surface area contributed by atoms with Gasteiger partial charge in [-0.2, -0.15) is 0 Å². The summed E-state index contributed by atoms with van der Waals surface area (Å²) < 4.78 is 5.08. The van der Waals surface area contributed by atoms with Gasteiger partial charge in [0.05, 0.1) is 0 Å². The van der Waals surface area contributed by atoms with Gasteiger partial charge in [-0.25, -0.2) is 0 Å². The summed E-state index contributed by atoms with van der Waals surface area (Å²) in [6.45, 7) is 6.56. The highest BCUT2D eigenvalue weighted by Gasteiger charge is 2.06. The normalized spacial score (nSPS) is 10.5. The highest BCUT2D eigenvalue weighted by atomic mass is 16.5. The van der Waals surface area contributed by atoms with Crippen LogP contribution in [0.4, 0.5) is 0 Å². The first-order valence-corrected chi connectivity index (χ1v) is 6.32. The fourth-order valence-corrected chi connectivity index (χ4v) is 1.67. The van der Waals surface area contributed by atoms with Gasteiger partial charge in [-0.1, -0.05) is 18.2 Å². The lowest BCUT2D eigenvalue weighted by atomic mass is 10.2. The minimum absolute atomic E-state index is 0.0531. The van der Waals surface area contributed by atoms with Crippen molar-refractivity contribution < 1.29 is 14.3 Å². The van der Waals surface area contributed by atoms with Crippen LogP contribution in [0.25, 0.3) is 6.08 Å². The number of carbonyl (C=O) groups excluding carboxylic acids is 2.